The average Bonchev–Trinajstić information content (AvgIpc) is 2.29. The van der Waals surface area contributed by atoms with Crippen LogP contribution < -0.4 is 5.32 Å². The third-order valence-corrected chi connectivity index (χ3v) is 4.99. The fourth-order valence-electron chi connectivity index (χ4n) is 1.61. The molecule has 18 heavy (non-hydrogen) atoms. The summed E-state index contributed by atoms with van der Waals surface area (Å²) < 4.78 is 23.7. The molecule has 0 aliphatic heterocycles. The lowest BCUT2D eigenvalue weighted by molar-refractivity contribution is 0.547. The normalized spacial score (nSPS) is 12.4. The van der Waals surface area contributed by atoms with Gasteiger partial charge in [-0.1, -0.05) is 13.8 Å². The van der Waals surface area contributed by atoms with E-state index in [9.17, 15) is 8.42 Å². The van der Waals surface area contributed by atoms with E-state index in [-0.39, 0.29) is 11.3 Å². The molecule has 3 nitrogen and oxygen atoms in total. The minimum Gasteiger partial charge on any atom is -0.380 e. The van der Waals surface area contributed by atoms with Crippen molar-refractivity contribution >= 4 is 15.5 Å². The molecule has 4 heteroatoms. The van der Waals surface area contributed by atoms with E-state index in [1.54, 1.807) is 12.1 Å². The highest BCUT2D eigenvalue weighted by atomic mass is 32.2. The van der Waals surface area contributed by atoms with Crippen molar-refractivity contribution in [3.8, 4) is 0 Å². The first kappa shape index (κ1) is 15.0. The summed E-state index contributed by atoms with van der Waals surface area (Å²) in [6, 6.07) is 7.03. The zero-order valence-corrected chi connectivity index (χ0v) is 12.5. The molecule has 0 aliphatic carbocycles. The lowest BCUT2D eigenvalue weighted by Crippen LogP contribution is -2.29. The molecule has 0 spiro atoms. The van der Waals surface area contributed by atoms with Gasteiger partial charge in [-0.15, -0.1) is 0 Å². The molecule has 1 aromatic rings. The van der Waals surface area contributed by atoms with E-state index >= 15 is 0 Å². The molecule has 1 rings (SSSR count). The Hall–Kier alpha value is -1.03. The predicted molar refractivity (Wildman–Crippen MR) is 76.8 cm³/mol. The average molecular weight is 269 g/mol. The molecule has 0 unspecified atom stereocenters. The van der Waals surface area contributed by atoms with Crippen molar-refractivity contribution in [2.24, 2.45) is 0 Å². The highest BCUT2D eigenvalue weighted by Gasteiger charge is 2.16. The van der Waals surface area contributed by atoms with E-state index in [2.05, 4.69) is 26.1 Å². The van der Waals surface area contributed by atoms with Crippen molar-refractivity contribution in [1.29, 1.82) is 0 Å². The molecule has 0 atom stereocenters. The van der Waals surface area contributed by atoms with Crippen molar-refractivity contribution in [2.75, 3.05) is 11.1 Å². The maximum Gasteiger partial charge on any atom is 0.178 e. The number of anilines is 1. The topological polar surface area (TPSA) is 46.2 Å². The van der Waals surface area contributed by atoms with Gasteiger partial charge >= 0.3 is 0 Å². The Labute approximate surface area is 111 Å². The summed E-state index contributed by atoms with van der Waals surface area (Å²) in [5.74, 6) is 0.209. The summed E-state index contributed by atoms with van der Waals surface area (Å²) in [7, 11) is -3.10. The smallest absolute Gasteiger partial charge is 0.178 e. The summed E-state index contributed by atoms with van der Waals surface area (Å²) in [6.45, 7) is 8.23. The second-order valence-electron chi connectivity index (χ2n) is 5.21. The summed E-state index contributed by atoms with van der Waals surface area (Å²) in [5.41, 5.74) is 0.974. The van der Waals surface area contributed by atoms with Crippen LogP contribution in [-0.4, -0.2) is 19.7 Å². The van der Waals surface area contributed by atoms with Gasteiger partial charge in [-0.05, 0) is 51.0 Å². The molecule has 0 bridgehead atoms. The Bertz CT molecular complexity index is 475. The maximum absolute atomic E-state index is 11.9. The van der Waals surface area contributed by atoms with E-state index in [0.717, 1.165) is 12.1 Å². The largest absolute Gasteiger partial charge is 0.380 e. The predicted octanol–water partition coefficient (Wildman–Crippen LogP) is 3.47. The molecule has 0 amide bonds. The van der Waals surface area contributed by atoms with Crippen LogP contribution in [0.25, 0.3) is 0 Å². The van der Waals surface area contributed by atoms with Crippen LogP contribution in [0.2, 0.25) is 0 Å². The van der Waals surface area contributed by atoms with Gasteiger partial charge in [0.15, 0.2) is 9.84 Å². The fourth-order valence-corrected chi connectivity index (χ4v) is 2.94. The number of benzene rings is 1. The standard InChI is InChI=1S/C14H23NO2S/c1-5-11-18(16,17)13-9-7-12(8-10-13)15-14(3,4)6-2/h7-10,15H,5-6,11H2,1-4H3. The lowest BCUT2D eigenvalue weighted by atomic mass is 10.0. The Morgan fingerprint density at radius 1 is 1.11 bits per heavy atom. The van der Waals surface area contributed by atoms with E-state index < -0.39 is 9.84 Å². The van der Waals surface area contributed by atoms with Gasteiger partial charge in [0.05, 0.1) is 10.6 Å². The third kappa shape index (κ3) is 4.02. The molecular formula is C14H23NO2S. The lowest BCUT2D eigenvalue weighted by Gasteiger charge is -2.26. The van der Waals surface area contributed by atoms with E-state index in [1.165, 1.54) is 0 Å². The van der Waals surface area contributed by atoms with Crippen LogP contribution in [0.4, 0.5) is 5.69 Å². The summed E-state index contributed by atoms with van der Waals surface area (Å²) >= 11 is 0. The highest BCUT2D eigenvalue weighted by Crippen LogP contribution is 2.20. The Kier molecular flexibility index (Phi) is 4.79. The van der Waals surface area contributed by atoms with Crippen LogP contribution in [0.15, 0.2) is 29.2 Å². The second-order valence-corrected chi connectivity index (χ2v) is 7.31. The van der Waals surface area contributed by atoms with Crippen molar-refractivity contribution in [2.45, 2.75) is 51.0 Å². The minimum atomic E-state index is -3.10. The number of sulfone groups is 1. The summed E-state index contributed by atoms with van der Waals surface area (Å²) in [4.78, 5) is 0.407. The zero-order valence-electron chi connectivity index (χ0n) is 11.7. The van der Waals surface area contributed by atoms with Gasteiger partial charge in [0, 0.05) is 11.2 Å². The van der Waals surface area contributed by atoms with Gasteiger partial charge in [-0.3, -0.25) is 0 Å². The molecule has 0 saturated carbocycles. The zero-order chi connectivity index (χ0) is 13.8. The second kappa shape index (κ2) is 5.74. The first-order valence-electron chi connectivity index (χ1n) is 6.42. The van der Waals surface area contributed by atoms with Crippen molar-refractivity contribution in [3.63, 3.8) is 0 Å². The van der Waals surface area contributed by atoms with E-state index in [1.807, 2.05) is 19.1 Å². The first-order valence-corrected chi connectivity index (χ1v) is 8.07. The molecule has 0 heterocycles. The SMILES string of the molecule is CCCS(=O)(=O)c1ccc(NC(C)(C)CC)cc1. The van der Waals surface area contributed by atoms with Crippen LogP contribution in [0, 0.1) is 0 Å². The molecule has 0 radical (unpaired) electrons. The first-order chi connectivity index (χ1) is 8.30. The highest BCUT2D eigenvalue weighted by molar-refractivity contribution is 7.91. The van der Waals surface area contributed by atoms with E-state index in [4.69, 9.17) is 0 Å². The van der Waals surface area contributed by atoms with Gasteiger partial charge in [-0.25, -0.2) is 8.42 Å². The van der Waals surface area contributed by atoms with Crippen LogP contribution in [0.5, 0.6) is 0 Å². The van der Waals surface area contributed by atoms with Crippen molar-refractivity contribution < 1.29 is 8.42 Å². The summed E-state index contributed by atoms with van der Waals surface area (Å²) in [5, 5.41) is 3.38. The Morgan fingerprint density at radius 3 is 2.11 bits per heavy atom. The van der Waals surface area contributed by atoms with Crippen LogP contribution in [0.1, 0.15) is 40.5 Å². The van der Waals surface area contributed by atoms with Gasteiger partial charge < -0.3 is 5.32 Å². The number of hydrogen-bond donors (Lipinski definition) is 1. The van der Waals surface area contributed by atoms with Gasteiger partial charge in [-0.2, -0.15) is 0 Å². The molecule has 1 N–H and O–H groups in total. The van der Waals surface area contributed by atoms with Gasteiger partial charge in [0.25, 0.3) is 0 Å². The van der Waals surface area contributed by atoms with Crippen LogP contribution in [0.3, 0.4) is 0 Å². The van der Waals surface area contributed by atoms with Crippen LogP contribution >= 0.6 is 0 Å². The molecular weight excluding hydrogens is 246 g/mol. The minimum absolute atomic E-state index is 0.0177. The third-order valence-electron chi connectivity index (χ3n) is 3.05. The van der Waals surface area contributed by atoms with Crippen molar-refractivity contribution in [3.05, 3.63) is 24.3 Å². The molecule has 0 aromatic heterocycles. The molecule has 0 saturated heterocycles. The van der Waals surface area contributed by atoms with Gasteiger partial charge in [0.1, 0.15) is 0 Å². The van der Waals surface area contributed by atoms with E-state index in [0.29, 0.717) is 11.3 Å². The fraction of sp³-hybridized carbons (Fsp3) is 0.571. The van der Waals surface area contributed by atoms with Crippen LogP contribution in [-0.2, 0) is 9.84 Å². The number of nitrogens with one attached hydrogen (secondary N) is 1. The molecule has 0 fully saturated rings. The number of hydrogen-bond acceptors (Lipinski definition) is 3. The number of rotatable bonds is 6. The molecule has 0 aliphatic rings. The Morgan fingerprint density at radius 2 is 1.67 bits per heavy atom. The summed E-state index contributed by atoms with van der Waals surface area (Å²) in [6.07, 6.45) is 1.65. The Balaban J connectivity index is 2.87. The molecule has 102 valence electrons. The van der Waals surface area contributed by atoms with Crippen molar-refractivity contribution in [1.82, 2.24) is 0 Å². The molecule has 1 aromatic carbocycles. The maximum atomic E-state index is 11.9. The monoisotopic (exact) mass is 269 g/mol. The van der Waals surface area contributed by atoms with Gasteiger partial charge in [0.2, 0.25) is 0 Å². The quantitative estimate of drug-likeness (QED) is 0.860.